The summed E-state index contributed by atoms with van der Waals surface area (Å²) >= 11 is 0. The molecule has 0 amide bonds. The molecule has 0 aromatic heterocycles. The first kappa shape index (κ1) is 15.2. The van der Waals surface area contributed by atoms with Crippen LogP contribution >= 0.6 is 0 Å². The second-order valence-corrected chi connectivity index (χ2v) is 7.78. The molecule has 1 aliphatic heterocycles. The van der Waals surface area contributed by atoms with Gasteiger partial charge in [0, 0.05) is 0 Å². The molecule has 1 heterocycles. The highest BCUT2D eigenvalue weighted by Gasteiger charge is 2.47. The lowest BCUT2D eigenvalue weighted by molar-refractivity contribution is -0.433. The first-order valence-corrected chi connectivity index (χ1v) is 7.83. The summed E-state index contributed by atoms with van der Waals surface area (Å²) in [5.74, 6) is -0.834. The van der Waals surface area contributed by atoms with Crippen molar-refractivity contribution in [3.8, 4) is 0 Å². The average Bonchev–Trinajstić information content (AvgIpc) is 2.48. The summed E-state index contributed by atoms with van der Waals surface area (Å²) in [5.41, 5.74) is -0.165. The largest absolute Gasteiger partial charge is 0.363 e. The molecule has 1 aromatic rings. The summed E-state index contributed by atoms with van der Waals surface area (Å²) in [6, 6.07) is 7.98. The number of hydrogen-bond acceptors (Lipinski definition) is 5. The molecule has 0 fully saturated rings. The zero-order valence-electron chi connectivity index (χ0n) is 11.7. The minimum atomic E-state index is -3.73. The second kappa shape index (κ2) is 5.33. The van der Waals surface area contributed by atoms with Crippen LogP contribution < -0.4 is 5.32 Å². The van der Waals surface area contributed by atoms with Gasteiger partial charge in [-0.3, -0.25) is 10.1 Å². The van der Waals surface area contributed by atoms with Crippen molar-refractivity contribution in [2.24, 2.45) is 5.92 Å². The van der Waals surface area contributed by atoms with Gasteiger partial charge in [-0.05, 0) is 32.2 Å². The monoisotopic (exact) mass is 308 g/mol. The smallest absolute Gasteiger partial charge is 0.270 e. The Hall–Kier alpha value is -2.15. The number of hydrogen-bond donors (Lipinski definition) is 1. The highest BCUT2D eigenvalue weighted by Crippen LogP contribution is 2.37. The van der Waals surface area contributed by atoms with E-state index < -0.39 is 25.4 Å². The Balaban J connectivity index is 2.51. The number of allylic oxidation sites excluding steroid dienone is 1. The van der Waals surface area contributed by atoms with E-state index in [1.165, 1.54) is 44.5 Å². The molecule has 0 aliphatic carbocycles. The van der Waals surface area contributed by atoms with Crippen LogP contribution in [0.1, 0.15) is 13.8 Å². The maximum atomic E-state index is 12.8. The molecule has 2 rings (SSSR count). The van der Waals surface area contributed by atoms with Crippen molar-refractivity contribution in [1.82, 2.24) is 5.32 Å². The van der Waals surface area contributed by atoms with E-state index in [1.54, 1.807) is 18.2 Å². The zero-order valence-corrected chi connectivity index (χ0v) is 12.5. The second-order valence-electron chi connectivity index (χ2n) is 5.25. The number of dihydropyridines is 1. The Labute approximate surface area is 123 Å². The first-order valence-electron chi connectivity index (χ1n) is 6.35. The van der Waals surface area contributed by atoms with Gasteiger partial charge in [-0.25, -0.2) is 8.42 Å². The van der Waals surface area contributed by atoms with Gasteiger partial charge >= 0.3 is 0 Å². The van der Waals surface area contributed by atoms with E-state index in [1.807, 2.05) is 0 Å². The van der Waals surface area contributed by atoms with Crippen LogP contribution in [0.4, 0.5) is 0 Å². The van der Waals surface area contributed by atoms with E-state index in [-0.39, 0.29) is 10.6 Å². The van der Waals surface area contributed by atoms with Crippen LogP contribution in [-0.4, -0.2) is 18.1 Å². The molecule has 1 N–H and O–H groups in total. The highest BCUT2D eigenvalue weighted by molar-refractivity contribution is 7.92. The number of nitro groups is 1. The molecular weight excluding hydrogens is 292 g/mol. The minimum Gasteiger partial charge on any atom is -0.363 e. The van der Waals surface area contributed by atoms with E-state index >= 15 is 0 Å². The number of benzene rings is 1. The molecule has 0 bridgehead atoms. The van der Waals surface area contributed by atoms with E-state index in [0.29, 0.717) is 0 Å². The molecule has 0 spiro atoms. The predicted octanol–water partition coefficient (Wildman–Crippen LogP) is 2.09. The fourth-order valence-corrected chi connectivity index (χ4v) is 3.95. The lowest BCUT2D eigenvalue weighted by Crippen LogP contribution is -2.42. The Morgan fingerprint density at radius 1 is 1.24 bits per heavy atom. The van der Waals surface area contributed by atoms with E-state index in [0.717, 1.165) is 0 Å². The number of nitrogens with one attached hydrogen (secondary N) is 1. The molecular formula is C14H16N2O4S. The van der Waals surface area contributed by atoms with Gasteiger partial charge in [0.1, 0.15) is 0 Å². The third kappa shape index (κ3) is 2.56. The van der Waals surface area contributed by atoms with Crippen molar-refractivity contribution in [3.63, 3.8) is 0 Å². The lowest BCUT2D eigenvalue weighted by atomic mass is 9.91. The Morgan fingerprint density at radius 3 is 2.43 bits per heavy atom. The Kier molecular flexibility index (Phi) is 3.87. The molecule has 0 saturated carbocycles. The van der Waals surface area contributed by atoms with E-state index in [4.69, 9.17) is 0 Å². The fraction of sp³-hybridized carbons (Fsp3) is 0.286. The molecule has 1 aliphatic rings. The molecule has 0 saturated heterocycles. The molecule has 0 unspecified atom stereocenters. The van der Waals surface area contributed by atoms with Crippen LogP contribution in [0.3, 0.4) is 0 Å². The van der Waals surface area contributed by atoms with Crippen LogP contribution in [0.2, 0.25) is 0 Å². The van der Waals surface area contributed by atoms with Gasteiger partial charge in [-0.2, -0.15) is 0 Å². The van der Waals surface area contributed by atoms with Gasteiger partial charge in [0.05, 0.1) is 26.7 Å². The van der Waals surface area contributed by atoms with Crippen LogP contribution in [0.25, 0.3) is 0 Å². The van der Waals surface area contributed by atoms with E-state index in [9.17, 15) is 18.5 Å². The predicted molar refractivity (Wildman–Crippen MR) is 78.5 cm³/mol. The standard InChI is InChI=1S/C14H16N2O4S/c1-14(2,12-8-9-15-10-13(12)16(17)18)21(19,20)11-6-4-3-5-7-11/h3-10,12,15H,1-2H3/t12-/m0/s1. The number of rotatable bonds is 4. The maximum Gasteiger partial charge on any atom is 0.270 e. The molecule has 0 radical (unpaired) electrons. The van der Waals surface area contributed by atoms with Gasteiger partial charge < -0.3 is 5.32 Å². The molecule has 1 aromatic carbocycles. The summed E-state index contributed by atoms with van der Waals surface area (Å²) in [6.45, 7) is 3.01. The van der Waals surface area contributed by atoms with Crippen LogP contribution in [0, 0.1) is 16.0 Å². The summed E-state index contributed by atoms with van der Waals surface area (Å²) in [6.07, 6.45) is 4.26. The molecule has 112 valence electrons. The number of sulfone groups is 1. The third-order valence-corrected chi connectivity index (χ3v) is 6.17. The van der Waals surface area contributed by atoms with Gasteiger partial charge in [-0.1, -0.05) is 24.3 Å². The average molecular weight is 308 g/mol. The summed E-state index contributed by atoms with van der Waals surface area (Å²) < 4.78 is 24.3. The van der Waals surface area contributed by atoms with E-state index in [2.05, 4.69) is 5.32 Å². The van der Waals surface area contributed by atoms with Crippen LogP contribution in [0.15, 0.2) is 59.4 Å². The minimum absolute atomic E-state index is 0.157. The van der Waals surface area contributed by atoms with Gasteiger partial charge in [0.25, 0.3) is 5.70 Å². The van der Waals surface area contributed by atoms with Crippen molar-refractivity contribution in [3.05, 3.63) is 64.6 Å². The van der Waals surface area contributed by atoms with Gasteiger partial charge in [-0.15, -0.1) is 0 Å². The quantitative estimate of drug-likeness (QED) is 0.679. The van der Waals surface area contributed by atoms with Gasteiger partial charge in [0.2, 0.25) is 0 Å². The molecule has 21 heavy (non-hydrogen) atoms. The molecule has 6 nitrogen and oxygen atoms in total. The third-order valence-electron chi connectivity index (χ3n) is 3.64. The van der Waals surface area contributed by atoms with Crippen molar-refractivity contribution in [2.75, 3.05) is 0 Å². The topological polar surface area (TPSA) is 89.3 Å². The van der Waals surface area contributed by atoms with Crippen LogP contribution in [-0.2, 0) is 9.84 Å². The molecule has 7 heteroatoms. The SMILES string of the molecule is CC(C)([C@H]1C=CNC=C1[N+](=O)[O-])S(=O)(=O)c1ccccc1. The lowest BCUT2D eigenvalue weighted by Gasteiger charge is -2.31. The van der Waals surface area contributed by atoms with Crippen molar-refractivity contribution >= 4 is 9.84 Å². The summed E-state index contributed by atoms with van der Waals surface area (Å²) in [7, 11) is -3.73. The fourth-order valence-electron chi connectivity index (χ4n) is 2.30. The van der Waals surface area contributed by atoms with Crippen molar-refractivity contribution in [1.29, 1.82) is 0 Å². The van der Waals surface area contributed by atoms with Crippen LogP contribution in [0.5, 0.6) is 0 Å². The van der Waals surface area contributed by atoms with Crippen molar-refractivity contribution in [2.45, 2.75) is 23.5 Å². The van der Waals surface area contributed by atoms with Crippen molar-refractivity contribution < 1.29 is 13.3 Å². The summed E-state index contributed by atoms with van der Waals surface area (Å²) in [5, 5.41) is 13.8. The first-order chi connectivity index (χ1) is 9.78. The highest BCUT2D eigenvalue weighted by atomic mass is 32.2. The zero-order chi connectivity index (χ0) is 15.7. The summed E-state index contributed by atoms with van der Waals surface area (Å²) in [4.78, 5) is 10.7. The molecule has 1 atom stereocenters. The number of nitrogens with zero attached hydrogens (tertiary/aromatic N) is 1. The maximum absolute atomic E-state index is 12.8. The normalized spacial score (nSPS) is 18.8. The Bertz CT molecular complexity index is 706. The Morgan fingerprint density at radius 2 is 1.86 bits per heavy atom. The van der Waals surface area contributed by atoms with Gasteiger partial charge in [0.15, 0.2) is 9.84 Å².